The van der Waals surface area contributed by atoms with E-state index in [0.717, 1.165) is 39.4 Å². The van der Waals surface area contributed by atoms with Crippen molar-refractivity contribution in [3.63, 3.8) is 0 Å². The van der Waals surface area contributed by atoms with E-state index in [4.69, 9.17) is 5.84 Å². The molecule has 19 heavy (non-hydrogen) atoms. The Labute approximate surface area is 120 Å². The van der Waals surface area contributed by atoms with Crippen LogP contribution in [0.2, 0.25) is 0 Å². The Kier molecular flexibility index (Phi) is 4.67. The monoisotopic (exact) mass is 296 g/mol. The predicted octanol–water partition coefficient (Wildman–Crippen LogP) is 2.33. The molecule has 0 atom stereocenters. The van der Waals surface area contributed by atoms with Gasteiger partial charge >= 0.3 is 0 Å². The summed E-state index contributed by atoms with van der Waals surface area (Å²) in [5.41, 5.74) is 3.56. The molecular weight excluding hydrogens is 280 g/mol. The normalized spacial score (nSPS) is 10.7. The van der Waals surface area contributed by atoms with E-state index in [-0.39, 0.29) is 0 Å². The second-order valence-electron chi connectivity index (χ2n) is 4.02. The lowest BCUT2D eigenvalue weighted by Gasteiger charge is -2.10. The Hall–Kier alpha value is -1.25. The van der Waals surface area contributed by atoms with E-state index in [1.807, 2.05) is 13.8 Å². The predicted molar refractivity (Wildman–Crippen MR) is 77.3 cm³/mol. The third-order valence-electron chi connectivity index (χ3n) is 2.45. The first-order valence-corrected chi connectivity index (χ1v) is 7.55. The summed E-state index contributed by atoms with van der Waals surface area (Å²) in [6, 6.07) is 0. The fourth-order valence-corrected chi connectivity index (χ4v) is 3.18. The molecule has 2 aromatic rings. The summed E-state index contributed by atoms with van der Waals surface area (Å²) in [5, 5.41) is 0.877. The van der Waals surface area contributed by atoms with Gasteiger partial charge in [-0.05, 0) is 43.6 Å². The average molecular weight is 296 g/mol. The van der Waals surface area contributed by atoms with Crippen molar-refractivity contribution in [3.8, 4) is 0 Å². The molecule has 0 saturated heterocycles. The summed E-state index contributed by atoms with van der Waals surface area (Å²) in [4.78, 5) is 13.3. The van der Waals surface area contributed by atoms with Gasteiger partial charge in [-0.3, -0.25) is 0 Å². The second-order valence-corrected chi connectivity index (χ2v) is 6.01. The molecular formula is C11H16N6S2. The van der Waals surface area contributed by atoms with Gasteiger partial charge in [0.05, 0.1) is 0 Å². The lowest BCUT2D eigenvalue weighted by molar-refractivity contribution is 0.802. The highest BCUT2D eigenvalue weighted by molar-refractivity contribution is 8.00. The van der Waals surface area contributed by atoms with Crippen LogP contribution in [0, 0.1) is 13.8 Å². The summed E-state index contributed by atoms with van der Waals surface area (Å²) in [6.07, 6.45) is 1.83. The topological polar surface area (TPSA) is 89.6 Å². The standard InChI is InChI=1S/C11H16N6S2/c1-4-5-8-14-9(16-12)6(2)10(15-8)18-11-13-7(3)17-19-11/h4-5,12H2,1-3H3,(H,14,15,16). The molecule has 0 unspecified atom stereocenters. The largest absolute Gasteiger partial charge is 0.308 e. The molecule has 0 fully saturated rings. The third kappa shape index (κ3) is 3.40. The average Bonchev–Trinajstić information content (AvgIpc) is 2.79. The Morgan fingerprint density at radius 1 is 1.26 bits per heavy atom. The molecule has 0 aromatic carbocycles. The maximum absolute atomic E-state index is 5.51. The molecule has 6 nitrogen and oxygen atoms in total. The van der Waals surface area contributed by atoms with Gasteiger partial charge < -0.3 is 5.43 Å². The molecule has 2 rings (SSSR count). The van der Waals surface area contributed by atoms with Crippen LogP contribution in [-0.4, -0.2) is 19.3 Å². The molecule has 0 radical (unpaired) electrons. The van der Waals surface area contributed by atoms with Crippen LogP contribution in [-0.2, 0) is 6.42 Å². The number of hydrogen-bond acceptors (Lipinski definition) is 8. The lowest BCUT2D eigenvalue weighted by atomic mass is 10.3. The van der Waals surface area contributed by atoms with E-state index >= 15 is 0 Å². The summed E-state index contributed by atoms with van der Waals surface area (Å²) in [6.45, 7) is 5.92. The van der Waals surface area contributed by atoms with Gasteiger partial charge in [0.15, 0.2) is 4.34 Å². The van der Waals surface area contributed by atoms with Gasteiger partial charge in [-0.2, -0.15) is 4.37 Å². The maximum Gasteiger partial charge on any atom is 0.176 e. The van der Waals surface area contributed by atoms with Gasteiger partial charge in [-0.1, -0.05) is 6.92 Å². The van der Waals surface area contributed by atoms with Crippen LogP contribution in [0.25, 0.3) is 0 Å². The van der Waals surface area contributed by atoms with Crippen molar-refractivity contribution < 1.29 is 0 Å². The zero-order valence-corrected chi connectivity index (χ0v) is 12.7. The van der Waals surface area contributed by atoms with E-state index in [0.29, 0.717) is 5.82 Å². The molecule has 102 valence electrons. The van der Waals surface area contributed by atoms with Crippen molar-refractivity contribution in [1.29, 1.82) is 0 Å². The number of nitrogens with zero attached hydrogens (tertiary/aromatic N) is 4. The highest BCUT2D eigenvalue weighted by atomic mass is 32.2. The van der Waals surface area contributed by atoms with Gasteiger partial charge in [0.25, 0.3) is 0 Å². The Morgan fingerprint density at radius 2 is 2.05 bits per heavy atom. The van der Waals surface area contributed by atoms with Crippen LogP contribution in [0.3, 0.4) is 0 Å². The Bertz CT molecular complexity index is 568. The number of nitrogens with one attached hydrogen (secondary N) is 1. The highest BCUT2D eigenvalue weighted by Gasteiger charge is 2.13. The first-order valence-electron chi connectivity index (χ1n) is 5.96. The van der Waals surface area contributed by atoms with Crippen LogP contribution >= 0.6 is 23.3 Å². The van der Waals surface area contributed by atoms with Crippen molar-refractivity contribution >= 4 is 29.1 Å². The zero-order chi connectivity index (χ0) is 13.8. The summed E-state index contributed by atoms with van der Waals surface area (Å²) in [5.74, 6) is 7.75. The summed E-state index contributed by atoms with van der Waals surface area (Å²) in [7, 11) is 0. The minimum atomic E-state index is 0.669. The van der Waals surface area contributed by atoms with Crippen molar-refractivity contribution in [2.75, 3.05) is 5.43 Å². The van der Waals surface area contributed by atoms with E-state index in [2.05, 4.69) is 31.7 Å². The quantitative estimate of drug-likeness (QED) is 0.497. The maximum atomic E-state index is 5.51. The fourth-order valence-electron chi connectivity index (χ4n) is 1.52. The molecule has 0 aliphatic rings. The number of anilines is 1. The number of nitrogen functional groups attached to an aromatic ring is 1. The van der Waals surface area contributed by atoms with Gasteiger partial charge in [0.1, 0.15) is 22.5 Å². The molecule has 3 N–H and O–H groups in total. The molecule has 0 bridgehead atoms. The lowest BCUT2D eigenvalue weighted by Crippen LogP contribution is -2.13. The zero-order valence-electron chi connectivity index (χ0n) is 11.1. The van der Waals surface area contributed by atoms with E-state index in [9.17, 15) is 0 Å². The molecule has 2 heterocycles. The van der Waals surface area contributed by atoms with Gasteiger partial charge in [-0.15, -0.1) is 0 Å². The highest BCUT2D eigenvalue weighted by Crippen LogP contribution is 2.32. The Morgan fingerprint density at radius 3 is 2.63 bits per heavy atom. The van der Waals surface area contributed by atoms with Crippen molar-refractivity contribution in [2.45, 2.75) is 43.0 Å². The van der Waals surface area contributed by atoms with Crippen LogP contribution in [0.4, 0.5) is 5.82 Å². The van der Waals surface area contributed by atoms with Gasteiger partial charge in [-0.25, -0.2) is 20.8 Å². The molecule has 0 aliphatic carbocycles. The molecule has 8 heteroatoms. The number of hydrazine groups is 1. The van der Waals surface area contributed by atoms with Crippen molar-refractivity contribution in [2.24, 2.45) is 5.84 Å². The number of nitrogens with two attached hydrogens (primary N) is 1. The number of hydrogen-bond donors (Lipinski definition) is 2. The first-order chi connectivity index (χ1) is 9.13. The summed E-state index contributed by atoms with van der Waals surface area (Å²) < 4.78 is 5.05. The molecule has 0 aliphatic heterocycles. The third-order valence-corrected chi connectivity index (χ3v) is 4.38. The molecule has 0 amide bonds. The van der Waals surface area contributed by atoms with Crippen molar-refractivity contribution in [1.82, 2.24) is 19.3 Å². The van der Waals surface area contributed by atoms with Crippen LogP contribution in [0.1, 0.15) is 30.6 Å². The van der Waals surface area contributed by atoms with E-state index < -0.39 is 0 Å². The second kappa shape index (κ2) is 6.27. The number of rotatable bonds is 5. The Balaban J connectivity index is 2.34. The number of aryl methyl sites for hydroxylation is 2. The molecule has 2 aromatic heterocycles. The number of aromatic nitrogens is 4. The van der Waals surface area contributed by atoms with Crippen LogP contribution in [0.15, 0.2) is 9.37 Å². The summed E-state index contributed by atoms with van der Waals surface area (Å²) >= 11 is 2.88. The van der Waals surface area contributed by atoms with Gasteiger partial charge in [0, 0.05) is 12.0 Å². The van der Waals surface area contributed by atoms with Crippen LogP contribution in [0.5, 0.6) is 0 Å². The smallest absolute Gasteiger partial charge is 0.176 e. The minimum absolute atomic E-state index is 0.669. The molecule has 0 spiro atoms. The van der Waals surface area contributed by atoms with Gasteiger partial charge in [0.2, 0.25) is 0 Å². The van der Waals surface area contributed by atoms with E-state index in [1.165, 1.54) is 23.3 Å². The van der Waals surface area contributed by atoms with Crippen molar-refractivity contribution in [3.05, 3.63) is 17.2 Å². The van der Waals surface area contributed by atoms with Crippen LogP contribution < -0.4 is 11.3 Å². The first kappa shape index (κ1) is 14.2. The van der Waals surface area contributed by atoms with E-state index in [1.54, 1.807) is 0 Å². The SMILES string of the molecule is CCCc1nc(NN)c(C)c(Sc2nc(C)ns2)n1. The molecule has 0 saturated carbocycles. The minimum Gasteiger partial charge on any atom is -0.308 e. The fraction of sp³-hybridized carbons (Fsp3) is 0.455.